The zero-order valence-electron chi connectivity index (χ0n) is 14.7. The van der Waals surface area contributed by atoms with Crippen molar-refractivity contribution in [2.24, 2.45) is 0 Å². The number of aromatic nitrogens is 1. The summed E-state index contributed by atoms with van der Waals surface area (Å²) in [7, 11) is 1.29. The second-order valence-electron chi connectivity index (χ2n) is 6.12. The van der Waals surface area contributed by atoms with E-state index in [2.05, 4.69) is 20.9 Å². The normalized spacial score (nSPS) is 18.7. The van der Waals surface area contributed by atoms with Gasteiger partial charge in [-0.05, 0) is 19.1 Å². The summed E-state index contributed by atoms with van der Waals surface area (Å²) in [5.41, 5.74) is 0.924. The molecule has 3 N–H and O–H groups in total. The monoisotopic (exact) mass is 376 g/mol. The molecule has 9 heteroatoms. The number of hydrogen-bond donors (Lipinski definition) is 3. The molecule has 3 amide bonds. The maximum absolute atomic E-state index is 14.4. The topological polar surface area (TPSA) is 92.4 Å². The number of ether oxygens (including phenoxy) is 1. The van der Waals surface area contributed by atoms with Crippen molar-refractivity contribution in [1.82, 2.24) is 15.6 Å². The number of carbonyl (C=O) groups excluding carboxylic acids is 2. The van der Waals surface area contributed by atoms with Gasteiger partial charge in [0.2, 0.25) is 5.91 Å². The SMILES string of the molecule is COc1cc(F)c(C2CNC(=O)C2NC(=O)Nc2ccc(C)nc2)c(F)c1. The van der Waals surface area contributed by atoms with Crippen molar-refractivity contribution in [2.75, 3.05) is 19.0 Å². The van der Waals surface area contributed by atoms with Crippen LogP contribution in [0.2, 0.25) is 0 Å². The van der Waals surface area contributed by atoms with Gasteiger partial charge in [-0.3, -0.25) is 9.78 Å². The Bertz CT molecular complexity index is 850. The van der Waals surface area contributed by atoms with Crippen LogP contribution in [-0.4, -0.2) is 36.6 Å². The van der Waals surface area contributed by atoms with Crippen LogP contribution < -0.4 is 20.7 Å². The molecule has 2 heterocycles. The number of amides is 3. The Kier molecular flexibility index (Phi) is 5.20. The third-order valence-corrected chi connectivity index (χ3v) is 4.30. The first-order valence-corrected chi connectivity index (χ1v) is 8.20. The zero-order chi connectivity index (χ0) is 19.6. The molecule has 2 unspecified atom stereocenters. The highest BCUT2D eigenvalue weighted by Gasteiger charge is 2.40. The standard InChI is InChI=1S/C18H18F2N4O3/c1-9-3-4-10(7-21-9)23-18(26)24-16-12(8-22-17(16)25)15-13(19)5-11(27-2)6-14(15)20/h3-7,12,16H,8H2,1-2H3,(H,22,25)(H2,23,24,26). The number of aryl methyl sites for hydroxylation is 1. The van der Waals surface area contributed by atoms with Gasteiger partial charge in [0.05, 0.1) is 19.0 Å². The minimum atomic E-state index is -1.12. The van der Waals surface area contributed by atoms with Crippen molar-refractivity contribution in [3.05, 3.63) is 53.4 Å². The summed E-state index contributed by atoms with van der Waals surface area (Å²) in [4.78, 5) is 28.4. The molecule has 142 valence electrons. The van der Waals surface area contributed by atoms with Crippen LogP contribution in [0.4, 0.5) is 19.3 Å². The first-order chi connectivity index (χ1) is 12.9. The lowest BCUT2D eigenvalue weighted by Gasteiger charge is -2.20. The summed E-state index contributed by atoms with van der Waals surface area (Å²) in [6.45, 7) is 1.80. The highest BCUT2D eigenvalue weighted by Crippen LogP contribution is 2.31. The molecule has 27 heavy (non-hydrogen) atoms. The van der Waals surface area contributed by atoms with Gasteiger partial charge in [0, 0.05) is 35.9 Å². The van der Waals surface area contributed by atoms with E-state index in [9.17, 15) is 18.4 Å². The first-order valence-electron chi connectivity index (χ1n) is 8.20. The van der Waals surface area contributed by atoms with Gasteiger partial charge in [-0.25, -0.2) is 13.6 Å². The number of halogens is 2. The number of nitrogens with zero attached hydrogens (tertiary/aromatic N) is 1. The Balaban J connectivity index is 1.78. The first kappa shape index (κ1) is 18.6. The lowest BCUT2D eigenvalue weighted by molar-refractivity contribution is -0.120. The van der Waals surface area contributed by atoms with E-state index >= 15 is 0 Å². The minimum absolute atomic E-state index is 0.00393. The van der Waals surface area contributed by atoms with Crippen molar-refractivity contribution in [1.29, 1.82) is 0 Å². The highest BCUT2D eigenvalue weighted by molar-refractivity contribution is 5.95. The molecular formula is C18H18F2N4O3. The smallest absolute Gasteiger partial charge is 0.319 e. The van der Waals surface area contributed by atoms with Gasteiger partial charge in [0.25, 0.3) is 0 Å². The molecule has 7 nitrogen and oxygen atoms in total. The Hall–Kier alpha value is -3.23. The molecule has 1 aromatic heterocycles. The van der Waals surface area contributed by atoms with E-state index in [-0.39, 0.29) is 17.9 Å². The number of urea groups is 1. The van der Waals surface area contributed by atoms with Crippen molar-refractivity contribution < 1.29 is 23.1 Å². The van der Waals surface area contributed by atoms with Crippen molar-refractivity contribution in [3.8, 4) is 5.75 Å². The van der Waals surface area contributed by atoms with E-state index in [0.717, 1.165) is 17.8 Å². The molecular weight excluding hydrogens is 358 g/mol. The number of anilines is 1. The molecule has 0 saturated carbocycles. The fourth-order valence-electron chi connectivity index (χ4n) is 2.94. The zero-order valence-corrected chi connectivity index (χ0v) is 14.7. The Morgan fingerprint density at radius 3 is 2.59 bits per heavy atom. The molecule has 0 aliphatic carbocycles. The van der Waals surface area contributed by atoms with Crippen molar-refractivity contribution in [2.45, 2.75) is 18.9 Å². The second-order valence-corrected chi connectivity index (χ2v) is 6.12. The highest BCUT2D eigenvalue weighted by atomic mass is 19.1. The molecule has 1 saturated heterocycles. The number of pyridine rings is 1. The fraction of sp³-hybridized carbons (Fsp3) is 0.278. The number of nitrogens with one attached hydrogen (secondary N) is 3. The van der Waals surface area contributed by atoms with E-state index in [1.54, 1.807) is 19.1 Å². The van der Waals surface area contributed by atoms with Gasteiger partial charge in [0.15, 0.2) is 0 Å². The van der Waals surface area contributed by atoms with Crippen molar-refractivity contribution in [3.63, 3.8) is 0 Å². The number of hydrogen-bond acceptors (Lipinski definition) is 4. The molecule has 1 aliphatic rings. The number of carbonyl (C=O) groups is 2. The Labute approximate surface area is 154 Å². The van der Waals surface area contributed by atoms with Gasteiger partial charge in [-0.2, -0.15) is 0 Å². The number of methoxy groups -OCH3 is 1. The molecule has 2 atom stereocenters. The van der Waals surface area contributed by atoms with E-state index in [4.69, 9.17) is 4.74 Å². The molecule has 3 rings (SSSR count). The van der Waals surface area contributed by atoms with Gasteiger partial charge < -0.3 is 20.7 Å². The van der Waals surface area contributed by atoms with E-state index in [0.29, 0.717) is 5.69 Å². The Morgan fingerprint density at radius 1 is 1.30 bits per heavy atom. The summed E-state index contributed by atoms with van der Waals surface area (Å²) in [6.07, 6.45) is 1.46. The number of benzene rings is 1. The minimum Gasteiger partial charge on any atom is -0.497 e. The molecule has 1 aliphatic heterocycles. The Morgan fingerprint density at radius 2 is 2.00 bits per heavy atom. The fourth-order valence-corrected chi connectivity index (χ4v) is 2.94. The van der Waals surface area contributed by atoms with Crippen LogP contribution in [0.15, 0.2) is 30.5 Å². The van der Waals surface area contributed by atoms with Crippen molar-refractivity contribution >= 4 is 17.6 Å². The van der Waals surface area contributed by atoms with Gasteiger partial charge in [0.1, 0.15) is 23.4 Å². The molecule has 0 radical (unpaired) electrons. The van der Waals surface area contributed by atoms with Gasteiger partial charge >= 0.3 is 6.03 Å². The molecule has 2 aromatic rings. The van der Waals surface area contributed by atoms with Crippen LogP contribution in [0.5, 0.6) is 5.75 Å². The van der Waals surface area contributed by atoms with E-state index in [1.807, 2.05) is 0 Å². The van der Waals surface area contributed by atoms with E-state index < -0.39 is 35.5 Å². The summed E-state index contributed by atoms with van der Waals surface area (Å²) >= 11 is 0. The molecule has 0 spiro atoms. The maximum Gasteiger partial charge on any atom is 0.319 e. The third kappa shape index (κ3) is 3.97. The summed E-state index contributed by atoms with van der Waals surface area (Å²) in [5, 5.41) is 7.52. The van der Waals surface area contributed by atoms with Crippen LogP contribution in [0.25, 0.3) is 0 Å². The predicted octanol–water partition coefficient (Wildman–Crippen LogP) is 2.08. The van der Waals surface area contributed by atoms with Crippen LogP contribution in [0, 0.1) is 18.6 Å². The molecule has 1 aromatic carbocycles. The van der Waals surface area contributed by atoms with Crippen LogP contribution in [0.1, 0.15) is 17.2 Å². The predicted molar refractivity (Wildman–Crippen MR) is 93.6 cm³/mol. The quantitative estimate of drug-likeness (QED) is 0.762. The van der Waals surface area contributed by atoms with Gasteiger partial charge in [-0.1, -0.05) is 0 Å². The van der Waals surface area contributed by atoms with Gasteiger partial charge in [-0.15, -0.1) is 0 Å². The average molecular weight is 376 g/mol. The second kappa shape index (κ2) is 7.56. The molecule has 0 bridgehead atoms. The number of rotatable bonds is 4. The van der Waals surface area contributed by atoms with Crippen LogP contribution in [0.3, 0.4) is 0 Å². The molecule has 1 fully saturated rings. The van der Waals surface area contributed by atoms with E-state index in [1.165, 1.54) is 13.3 Å². The lowest BCUT2D eigenvalue weighted by Crippen LogP contribution is -2.45. The third-order valence-electron chi connectivity index (χ3n) is 4.30. The summed E-state index contributed by atoms with van der Waals surface area (Å²) in [6, 6.07) is 3.63. The van der Waals surface area contributed by atoms with Crippen LogP contribution >= 0.6 is 0 Å². The average Bonchev–Trinajstić information content (AvgIpc) is 2.97. The lowest BCUT2D eigenvalue weighted by atomic mass is 9.93. The summed E-state index contributed by atoms with van der Waals surface area (Å²) < 4.78 is 33.6. The maximum atomic E-state index is 14.4. The van der Waals surface area contributed by atoms with Crippen LogP contribution in [-0.2, 0) is 4.79 Å². The summed E-state index contributed by atoms with van der Waals surface area (Å²) in [5.74, 6) is -3.08. The largest absolute Gasteiger partial charge is 0.497 e.